The number of rotatable bonds is 6. The molecule has 3 rings (SSSR count). The highest BCUT2D eigenvalue weighted by Crippen LogP contribution is 2.32. The van der Waals surface area contributed by atoms with Crippen molar-refractivity contribution in [3.05, 3.63) is 45.6 Å². The largest absolute Gasteiger partial charge is 0.454 e. The number of nitrogens with one attached hydrogen (secondary N) is 1. The van der Waals surface area contributed by atoms with Gasteiger partial charge in [-0.05, 0) is 36.8 Å². The van der Waals surface area contributed by atoms with Crippen LogP contribution in [0.4, 0.5) is 0 Å². The summed E-state index contributed by atoms with van der Waals surface area (Å²) in [4.78, 5) is 35.6. The lowest BCUT2D eigenvalue weighted by atomic mass is 10.2. The number of amides is 1. The fourth-order valence-electron chi connectivity index (χ4n) is 2.14. The second-order valence-corrected chi connectivity index (χ2v) is 6.34. The Morgan fingerprint density at radius 1 is 1.12 bits per heavy atom. The van der Waals surface area contributed by atoms with E-state index in [0.29, 0.717) is 16.4 Å². The van der Waals surface area contributed by atoms with Crippen LogP contribution in [0.1, 0.15) is 31.8 Å². The van der Waals surface area contributed by atoms with Gasteiger partial charge in [0.1, 0.15) is 4.88 Å². The molecule has 130 valence electrons. The number of esters is 1. The maximum absolute atomic E-state index is 11.9. The summed E-state index contributed by atoms with van der Waals surface area (Å²) < 4.78 is 15.4. The molecule has 0 bridgehead atoms. The van der Waals surface area contributed by atoms with Crippen molar-refractivity contribution in [1.82, 2.24) is 5.32 Å². The minimum Gasteiger partial charge on any atom is -0.454 e. The number of thiophene rings is 1. The molecule has 1 amide bonds. The van der Waals surface area contributed by atoms with E-state index in [2.05, 4.69) is 5.32 Å². The van der Waals surface area contributed by atoms with Crippen molar-refractivity contribution in [3.8, 4) is 11.5 Å². The van der Waals surface area contributed by atoms with E-state index in [0.717, 1.165) is 16.9 Å². The monoisotopic (exact) mass is 361 g/mol. The zero-order valence-electron chi connectivity index (χ0n) is 13.4. The molecule has 0 saturated heterocycles. The Morgan fingerprint density at radius 3 is 2.64 bits per heavy atom. The van der Waals surface area contributed by atoms with Crippen LogP contribution in [0.25, 0.3) is 0 Å². The molecule has 0 fully saturated rings. The molecule has 0 aliphatic carbocycles. The Hall–Kier alpha value is -2.87. The van der Waals surface area contributed by atoms with Crippen molar-refractivity contribution >= 4 is 29.0 Å². The molecule has 1 N–H and O–H groups in total. The van der Waals surface area contributed by atoms with E-state index in [1.807, 2.05) is 6.07 Å². The maximum atomic E-state index is 11.9. The zero-order chi connectivity index (χ0) is 17.8. The molecule has 0 unspecified atom stereocenters. The highest BCUT2D eigenvalue weighted by molar-refractivity contribution is 7.15. The highest BCUT2D eigenvalue weighted by atomic mass is 32.1. The van der Waals surface area contributed by atoms with E-state index in [-0.39, 0.29) is 24.0 Å². The van der Waals surface area contributed by atoms with Crippen molar-refractivity contribution in [3.63, 3.8) is 0 Å². The fraction of sp³-hybridized carbons (Fsp3) is 0.235. The summed E-state index contributed by atoms with van der Waals surface area (Å²) in [5.41, 5.74) is 0.841. The van der Waals surface area contributed by atoms with Crippen LogP contribution < -0.4 is 14.8 Å². The van der Waals surface area contributed by atoms with Crippen LogP contribution in [0.3, 0.4) is 0 Å². The first-order valence-electron chi connectivity index (χ1n) is 7.46. The number of benzene rings is 1. The normalized spacial score (nSPS) is 11.9. The van der Waals surface area contributed by atoms with Gasteiger partial charge in [0.05, 0.1) is 4.88 Å². The van der Waals surface area contributed by atoms with Gasteiger partial charge in [0.15, 0.2) is 23.9 Å². The van der Waals surface area contributed by atoms with E-state index >= 15 is 0 Å². The van der Waals surface area contributed by atoms with Crippen molar-refractivity contribution in [2.75, 3.05) is 13.4 Å². The summed E-state index contributed by atoms with van der Waals surface area (Å²) in [5.74, 6) is 0.137. The molecular formula is C17H15NO6S. The van der Waals surface area contributed by atoms with Crippen LogP contribution in [0, 0.1) is 0 Å². The van der Waals surface area contributed by atoms with Crippen LogP contribution >= 0.6 is 11.3 Å². The third-order valence-electron chi connectivity index (χ3n) is 3.42. The number of hydrogen-bond donors (Lipinski definition) is 1. The van der Waals surface area contributed by atoms with E-state index < -0.39 is 18.5 Å². The number of ether oxygens (including phenoxy) is 3. The Bertz CT molecular complexity index is 828. The van der Waals surface area contributed by atoms with Gasteiger partial charge in [-0.3, -0.25) is 9.59 Å². The molecule has 2 heterocycles. The fourth-order valence-corrected chi connectivity index (χ4v) is 2.94. The Balaban J connectivity index is 1.46. The van der Waals surface area contributed by atoms with E-state index in [9.17, 15) is 14.4 Å². The molecule has 1 aliphatic heterocycles. The van der Waals surface area contributed by atoms with E-state index in [1.54, 1.807) is 18.2 Å². The first-order valence-corrected chi connectivity index (χ1v) is 8.27. The van der Waals surface area contributed by atoms with Crippen LogP contribution in [-0.4, -0.2) is 31.1 Å². The SMILES string of the molecule is CC(=O)c1ccc(C(=O)OCC(=O)NCc2ccc3c(c2)OCO3)s1. The average molecular weight is 361 g/mol. The van der Waals surface area contributed by atoms with Crippen LogP contribution in [0.15, 0.2) is 30.3 Å². The first-order chi connectivity index (χ1) is 12.0. The Labute approximate surface area is 147 Å². The number of carbonyl (C=O) groups is 3. The highest BCUT2D eigenvalue weighted by Gasteiger charge is 2.15. The van der Waals surface area contributed by atoms with Gasteiger partial charge in [-0.15, -0.1) is 11.3 Å². The smallest absolute Gasteiger partial charge is 0.348 e. The lowest BCUT2D eigenvalue weighted by Gasteiger charge is -2.07. The lowest BCUT2D eigenvalue weighted by Crippen LogP contribution is -2.28. The molecule has 25 heavy (non-hydrogen) atoms. The molecule has 0 atom stereocenters. The van der Waals surface area contributed by atoms with Crippen molar-refractivity contribution in [2.24, 2.45) is 0 Å². The summed E-state index contributed by atoms with van der Waals surface area (Å²) in [6.45, 7) is 1.50. The quantitative estimate of drug-likeness (QED) is 0.626. The molecule has 0 radical (unpaired) electrons. The third kappa shape index (κ3) is 4.16. The standard InChI is InChI=1S/C17H15NO6S/c1-10(19)14-4-5-15(25-14)17(21)22-8-16(20)18-7-11-2-3-12-13(6-11)24-9-23-12/h2-6H,7-9H2,1H3,(H,18,20). The number of fused-ring (bicyclic) bond motifs is 1. The summed E-state index contributed by atoms with van der Waals surface area (Å²) in [7, 11) is 0. The third-order valence-corrected chi connectivity index (χ3v) is 4.58. The zero-order valence-corrected chi connectivity index (χ0v) is 14.2. The molecule has 2 aromatic rings. The van der Waals surface area contributed by atoms with E-state index in [4.69, 9.17) is 14.2 Å². The summed E-state index contributed by atoms with van der Waals surface area (Å²) in [6, 6.07) is 8.43. The van der Waals surface area contributed by atoms with E-state index in [1.165, 1.54) is 13.0 Å². The van der Waals surface area contributed by atoms with Gasteiger partial charge in [-0.2, -0.15) is 0 Å². The Morgan fingerprint density at radius 2 is 1.88 bits per heavy atom. The number of Topliss-reactive ketones (excluding diaryl/α,β-unsaturated/α-hetero) is 1. The van der Waals surface area contributed by atoms with Crippen molar-refractivity contribution in [2.45, 2.75) is 13.5 Å². The predicted molar refractivity (Wildman–Crippen MR) is 89.0 cm³/mol. The predicted octanol–water partition coefficient (Wildman–Crippen LogP) is 2.15. The molecule has 0 spiro atoms. The minimum atomic E-state index is -0.629. The summed E-state index contributed by atoms with van der Waals surface area (Å²) >= 11 is 1.04. The van der Waals surface area contributed by atoms with Crippen LogP contribution in [-0.2, 0) is 16.1 Å². The molecule has 1 aliphatic rings. The molecular weight excluding hydrogens is 346 g/mol. The maximum Gasteiger partial charge on any atom is 0.348 e. The molecule has 8 heteroatoms. The van der Waals surface area contributed by atoms with Gasteiger partial charge in [-0.25, -0.2) is 4.79 Å². The second-order valence-electron chi connectivity index (χ2n) is 5.26. The summed E-state index contributed by atoms with van der Waals surface area (Å²) in [5, 5.41) is 2.66. The summed E-state index contributed by atoms with van der Waals surface area (Å²) in [6.07, 6.45) is 0. The Kier molecular flexibility index (Phi) is 4.99. The van der Waals surface area contributed by atoms with Crippen molar-refractivity contribution < 1.29 is 28.6 Å². The van der Waals surface area contributed by atoms with Crippen LogP contribution in [0.5, 0.6) is 11.5 Å². The lowest BCUT2D eigenvalue weighted by molar-refractivity contribution is -0.124. The molecule has 0 saturated carbocycles. The number of carbonyl (C=O) groups excluding carboxylic acids is 3. The van der Waals surface area contributed by atoms with Gasteiger partial charge >= 0.3 is 5.97 Å². The first kappa shape index (κ1) is 17.0. The molecule has 7 nitrogen and oxygen atoms in total. The topological polar surface area (TPSA) is 90.9 Å². The van der Waals surface area contributed by atoms with Crippen LogP contribution in [0.2, 0.25) is 0 Å². The number of ketones is 1. The van der Waals surface area contributed by atoms with Gasteiger partial charge < -0.3 is 19.5 Å². The van der Waals surface area contributed by atoms with Crippen molar-refractivity contribution in [1.29, 1.82) is 0 Å². The van der Waals surface area contributed by atoms with Gasteiger partial charge in [0.25, 0.3) is 5.91 Å². The minimum absolute atomic E-state index is 0.120. The average Bonchev–Trinajstić information content (AvgIpc) is 3.26. The second kappa shape index (κ2) is 7.35. The molecule has 1 aromatic heterocycles. The van der Waals surface area contributed by atoms with Gasteiger partial charge in [0, 0.05) is 6.54 Å². The van der Waals surface area contributed by atoms with Gasteiger partial charge in [0.2, 0.25) is 6.79 Å². The van der Waals surface area contributed by atoms with Gasteiger partial charge in [-0.1, -0.05) is 6.07 Å². The number of hydrogen-bond acceptors (Lipinski definition) is 7. The molecule has 1 aromatic carbocycles.